The average molecular weight is 327 g/mol. The van der Waals surface area contributed by atoms with Gasteiger partial charge >= 0.3 is 0 Å². The Morgan fingerprint density at radius 3 is 2.89 bits per heavy atom. The maximum Gasteiger partial charge on any atom is 0.155 e. The fraction of sp³-hybridized carbons (Fsp3) is 0.500. The highest BCUT2D eigenvalue weighted by atomic mass is 79.9. The maximum absolute atomic E-state index is 5.63. The highest BCUT2D eigenvalue weighted by Crippen LogP contribution is 2.18. The number of aromatic nitrogens is 3. The number of anilines is 1. The van der Waals surface area contributed by atoms with Gasteiger partial charge in [0.1, 0.15) is 10.4 Å². The van der Waals surface area contributed by atoms with Crippen LogP contribution in [0.25, 0.3) is 5.65 Å². The summed E-state index contributed by atoms with van der Waals surface area (Å²) >= 11 is 3.47. The molecule has 0 unspecified atom stereocenters. The monoisotopic (exact) mass is 326 g/mol. The summed E-state index contributed by atoms with van der Waals surface area (Å²) in [7, 11) is 4.14. The molecule has 2 aromatic rings. The number of nitrogens with zero attached hydrogens (tertiary/aromatic N) is 4. The van der Waals surface area contributed by atoms with Crippen molar-refractivity contribution in [1.82, 2.24) is 19.5 Å². The Balaban J connectivity index is 2.06. The molecule has 0 aliphatic heterocycles. The molecule has 0 bridgehead atoms. The van der Waals surface area contributed by atoms with Crippen molar-refractivity contribution >= 4 is 27.4 Å². The smallest absolute Gasteiger partial charge is 0.155 e. The Bertz CT molecular complexity index is 550. The zero-order chi connectivity index (χ0) is 13.8. The van der Waals surface area contributed by atoms with Crippen LogP contribution in [0.2, 0.25) is 0 Å². The summed E-state index contributed by atoms with van der Waals surface area (Å²) in [4.78, 5) is 6.55. The molecule has 2 aromatic heterocycles. The van der Waals surface area contributed by atoms with Gasteiger partial charge in [-0.25, -0.2) is 9.50 Å². The topological polar surface area (TPSA) is 71.5 Å². The van der Waals surface area contributed by atoms with E-state index in [4.69, 9.17) is 5.73 Å². The largest absolute Gasteiger partial charge is 0.369 e. The molecule has 6 nitrogen and oxygen atoms in total. The minimum atomic E-state index is 0.398. The van der Waals surface area contributed by atoms with Gasteiger partial charge < -0.3 is 16.0 Å². The number of rotatable bonds is 6. The third kappa shape index (κ3) is 3.43. The predicted molar refractivity (Wildman–Crippen MR) is 80.2 cm³/mol. The van der Waals surface area contributed by atoms with Gasteiger partial charge in [-0.05, 0) is 55.1 Å². The summed E-state index contributed by atoms with van der Waals surface area (Å²) in [6.45, 7) is 2.35. The van der Waals surface area contributed by atoms with E-state index in [1.165, 1.54) is 0 Å². The van der Waals surface area contributed by atoms with Crippen molar-refractivity contribution < 1.29 is 0 Å². The Hall–Kier alpha value is -1.18. The number of hydrogen-bond acceptors (Lipinski definition) is 5. The van der Waals surface area contributed by atoms with Gasteiger partial charge in [-0.2, -0.15) is 0 Å². The molecule has 0 spiro atoms. The Labute approximate surface area is 121 Å². The molecular formula is C12H19BrN6. The van der Waals surface area contributed by atoms with Crippen LogP contribution in [0.4, 0.5) is 5.82 Å². The van der Waals surface area contributed by atoms with Crippen molar-refractivity contribution in [1.29, 1.82) is 0 Å². The lowest BCUT2D eigenvalue weighted by Crippen LogP contribution is -2.16. The number of halogens is 1. The zero-order valence-corrected chi connectivity index (χ0v) is 12.8. The lowest BCUT2D eigenvalue weighted by molar-refractivity contribution is 0.405. The van der Waals surface area contributed by atoms with Crippen LogP contribution in [-0.2, 0) is 6.54 Å². The van der Waals surface area contributed by atoms with E-state index in [1.54, 1.807) is 4.52 Å². The van der Waals surface area contributed by atoms with Gasteiger partial charge in [0.05, 0.1) is 5.69 Å². The lowest BCUT2D eigenvalue weighted by atomic mass is 10.4. The van der Waals surface area contributed by atoms with E-state index in [1.807, 2.05) is 12.1 Å². The van der Waals surface area contributed by atoms with E-state index in [0.29, 0.717) is 6.54 Å². The summed E-state index contributed by atoms with van der Waals surface area (Å²) in [5.41, 5.74) is 7.24. The second kappa shape index (κ2) is 6.31. The molecule has 0 aromatic carbocycles. The van der Waals surface area contributed by atoms with Gasteiger partial charge in [0, 0.05) is 13.1 Å². The quantitative estimate of drug-likeness (QED) is 0.783. The van der Waals surface area contributed by atoms with E-state index in [2.05, 4.69) is 50.3 Å². The second-order valence-electron chi connectivity index (χ2n) is 4.63. The summed E-state index contributed by atoms with van der Waals surface area (Å²) in [5, 5.41) is 7.80. The van der Waals surface area contributed by atoms with Crippen molar-refractivity contribution in [3.8, 4) is 0 Å². The van der Waals surface area contributed by atoms with Crippen molar-refractivity contribution in [3.05, 3.63) is 22.4 Å². The summed E-state index contributed by atoms with van der Waals surface area (Å²) in [5.74, 6) is 0.841. The second-order valence-corrected chi connectivity index (χ2v) is 5.38. The van der Waals surface area contributed by atoms with E-state index in [-0.39, 0.29) is 0 Å². The SMILES string of the molecule is CN(C)CCCNc1ccc2nc(CN)c(Br)n2n1. The number of hydrogen-bond donors (Lipinski definition) is 2. The minimum absolute atomic E-state index is 0.398. The van der Waals surface area contributed by atoms with Gasteiger partial charge in [-0.15, -0.1) is 5.10 Å². The van der Waals surface area contributed by atoms with Crippen LogP contribution in [0.3, 0.4) is 0 Å². The normalized spacial score (nSPS) is 11.4. The molecular weight excluding hydrogens is 308 g/mol. The first kappa shape index (κ1) is 14.2. The summed E-state index contributed by atoms with van der Waals surface area (Å²) in [6, 6.07) is 3.87. The molecule has 0 fully saturated rings. The van der Waals surface area contributed by atoms with Gasteiger partial charge in [-0.3, -0.25) is 0 Å². The highest BCUT2D eigenvalue weighted by Gasteiger charge is 2.09. The molecule has 19 heavy (non-hydrogen) atoms. The molecule has 0 radical (unpaired) electrons. The van der Waals surface area contributed by atoms with E-state index < -0.39 is 0 Å². The van der Waals surface area contributed by atoms with Crippen LogP contribution >= 0.6 is 15.9 Å². The average Bonchev–Trinajstić information content (AvgIpc) is 2.71. The fourth-order valence-electron chi connectivity index (χ4n) is 1.79. The Morgan fingerprint density at radius 1 is 1.42 bits per heavy atom. The zero-order valence-electron chi connectivity index (χ0n) is 11.2. The van der Waals surface area contributed by atoms with Crippen LogP contribution in [0, 0.1) is 0 Å². The summed E-state index contributed by atoms with van der Waals surface area (Å²) < 4.78 is 2.58. The van der Waals surface area contributed by atoms with Crippen molar-refractivity contribution in [2.45, 2.75) is 13.0 Å². The Kier molecular flexibility index (Phi) is 4.73. The third-order valence-corrected chi connectivity index (χ3v) is 3.56. The van der Waals surface area contributed by atoms with E-state index >= 15 is 0 Å². The van der Waals surface area contributed by atoms with Gasteiger partial charge in [0.2, 0.25) is 0 Å². The lowest BCUT2D eigenvalue weighted by Gasteiger charge is -2.10. The van der Waals surface area contributed by atoms with Crippen LogP contribution < -0.4 is 11.1 Å². The van der Waals surface area contributed by atoms with Gasteiger partial charge in [0.15, 0.2) is 5.65 Å². The van der Waals surface area contributed by atoms with Crippen LogP contribution in [0.5, 0.6) is 0 Å². The molecule has 0 saturated heterocycles. The number of nitrogens with two attached hydrogens (primary N) is 1. The fourth-order valence-corrected chi connectivity index (χ4v) is 2.30. The number of fused-ring (bicyclic) bond motifs is 1. The number of imidazole rings is 1. The molecule has 2 heterocycles. The van der Waals surface area contributed by atoms with Crippen LogP contribution in [-0.4, -0.2) is 46.7 Å². The van der Waals surface area contributed by atoms with Crippen molar-refractivity contribution in [2.24, 2.45) is 5.73 Å². The molecule has 0 aliphatic rings. The first-order chi connectivity index (χ1) is 9.11. The molecule has 2 rings (SSSR count). The van der Waals surface area contributed by atoms with Gasteiger partial charge in [0.25, 0.3) is 0 Å². The molecule has 0 atom stereocenters. The molecule has 104 valence electrons. The highest BCUT2D eigenvalue weighted by molar-refractivity contribution is 9.10. The molecule has 0 amide bonds. The minimum Gasteiger partial charge on any atom is -0.369 e. The molecule has 3 N–H and O–H groups in total. The van der Waals surface area contributed by atoms with Gasteiger partial charge in [-0.1, -0.05) is 0 Å². The number of nitrogens with one attached hydrogen (secondary N) is 1. The van der Waals surface area contributed by atoms with Crippen LogP contribution in [0.1, 0.15) is 12.1 Å². The molecule has 0 aliphatic carbocycles. The van der Waals surface area contributed by atoms with Crippen molar-refractivity contribution in [3.63, 3.8) is 0 Å². The summed E-state index contributed by atoms with van der Waals surface area (Å²) in [6.07, 6.45) is 1.08. The first-order valence-electron chi connectivity index (χ1n) is 6.24. The Morgan fingerprint density at radius 2 is 2.21 bits per heavy atom. The molecule has 7 heteroatoms. The van der Waals surface area contributed by atoms with E-state index in [9.17, 15) is 0 Å². The predicted octanol–water partition coefficient (Wildman–Crippen LogP) is 1.31. The van der Waals surface area contributed by atoms with Crippen LogP contribution in [0.15, 0.2) is 16.7 Å². The third-order valence-electron chi connectivity index (χ3n) is 2.77. The standard InChI is InChI=1S/C12H19BrN6/c1-18(2)7-3-6-15-10-4-5-11-16-9(8-14)12(13)19(11)17-10/h4-5H,3,6-8,14H2,1-2H3,(H,15,17). The maximum atomic E-state index is 5.63. The van der Waals surface area contributed by atoms with Crippen molar-refractivity contribution in [2.75, 3.05) is 32.5 Å². The first-order valence-corrected chi connectivity index (χ1v) is 7.04. The van der Waals surface area contributed by atoms with E-state index in [0.717, 1.165) is 41.3 Å². The molecule has 0 saturated carbocycles.